The number of hydrogen-bond donors (Lipinski definition) is 0. The molecule has 2 heterocycles. The first-order chi connectivity index (χ1) is 15.0. The summed E-state index contributed by atoms with van der Waals surface area (Å²) < 4.78 is 7.20. The van der Waals surface area contributed by atoms with Gasteiger partial charge in [-0.25, -0.2) is 4.98 Å². The molecule has 0 spiro atoms. The van der Waals surface area contributed by atoms with Gasteiger partial charge in [0.15, 0.2) is 10.9 Å². The van der Waals surface area contributed by atoms with E-state index in [4.69, 9.17) is 9.72 Å². The fourth-order valence-corrected chi connectivity index (χ4v) is 6.34. The number of allylic oxidation sites excluding steroid dienone is 1. The summed E-state index contributed by atoms with van der Waals surface area (Å²) in [5, 5.41) is 1.47. The number of thioether (sulfide) groups is 1. The molecule has 162 valence electrons. The molecule has 4 rings (SSSR count). The quantitative estimate of drug-likeness (QED) is 0.157. The first-order valence-corrected chi connectivity index (χ1v) is 12.3. The van der Waals surface area contributed by atoms with E-state index in [0.717, 1.165) is 40.8 Å². The summed E-state index contributed by atoms with van der Waals surface area (Å²) in [5.74, 6) is 1.28. The number of thiophene rings is 1. The topological polar surface area (TPSA) is 61.2 Å². The van der Waals surface area contributed by atoms with E-state index in [-0.39, 0.29) is 11.3 Å². The molecule has 0 saturated carbocycles. The van der Waals surface area contributed by atoms with Crippen molar-refractivity contribution in [1.82, 2.24) is 9.55 Å². The van der Waals surface area contributed by atoms with E-state index in [1.165, 1.54) is 35.0 Å². The van der Waals surface area contributed by atoms with E-state index >= 15 is 0 Å². The van der Waals surface area contributed by atoms with E-state index in [1.807, 2.05) is 12.1 Å². The number of aryl methyl sites for hydroxylation is 2. The largest absolute Gasteiger partial charge is 0.496 e. The maximum Gasteiger partial charge on any atom is 0.263 e. The number of carbonyl (C=O) groups excluding carboxylic acids is 1. The van der Waals surface area contributed by atoms with E-state index < -0.39 is 0 Å². The van der Waals surface area contributed by atoms with Gasteiger partial charge >= 0.3 is 0 Å². The maximum absolute atomic E-state index is 13.5. The minimum atomic E-state index is 0.0112. The second-order valence-electron chi connectivity index (χ2n) is 7.71. The average molecular weight is 455 g/mol. The Hall–Kier alpha value is -2.38. The molecular weight excluding hydrogens is 428 g/mol. The van der Waals surface area contributed by atoms with Gasteiger partial charge in [-0.05, 0) is 56.4 Å². The second-order valence-corrected chi connectivity index (χ2v) is 9.74. The maximum atomic E-state index is 13.5. The van der Waals surface area contributed by atoms with Gasteiger partial charge in [0.1, 0.15) is 10.6 Å². The highest BCUT2D eigenvalue weighted by Crippen LogP contribution is 2.35. The number of ketones is 1. The Morgan fingerprint density at radius 3 is 2.87 bits per heavy atom. The molecule has 3 aromatic rings. The van der Waals surface area contributed by atoms with Crippen molar-refractivity contribution in [2.24, 2.45) is 0 Å². The van der Waals surface area contributed by atoms with Crippen molar-refractivity contribution in [2.45, 2.75) is 56.5 Å². The molecule has 1 aliphatic carbocycles. The van der Waals surface area contributed by atoms with Crippen LogP contribution in [0.15, 0.2) is 40.8 Å². The van der Waals surface area contributed by atoms with Crippen molar-refractivity contribution in [3.63, 3.8) is 0 Å². The minimum Gasteiger partial charge on any atom is -0.496 e. The summed E-state index contributed by atoms with van der Waals surface area (Å²) in [6.45, 7) is 5.80. The van der Waals surface area contributed by atoms with Gasteiger partial charge in [0.2, 0.25) is 0 Å². The number of ether oxygens (including phenoxy) is 1. The van der Waals surface area contributed by atoms with Gasteiger partial charge in [-0.1, -0.05) is 24.3 Å². The summed E-state index contributed by atoms with van der Waals surface area (Å²) in [6, 6.07) is 5.44. The predicted octanol–water partition coefficient (Wildman–Crippen LogP) is 5.42. The van der Waals surface area contributed by atoms with E-state index in [0.29, 0.717) is 23.0 Å². The summed E-state index contributed by atoms with van der Waals surface area (Å²) in [4.78, 5) is 32.3. The molecule has 1 aromatic carbocycles. The molecule has 0 unspecified atom stereocenters. The lowest BCUT2D eigenvalue weighted by atomic mass is 10.1. The first-order valence-electron chi connectivity index (χ1n) is 10.5. The van der Waals surface area contributed by atoms with Crippen LogP contribution in [-0.4, -0.2) is 22.4 Å². The molecule has 0 radical (unpaired) electrons. The number of benzene rings is 1. The van der Waals surface area contributed by atoms with Gasteiger partial charge in [-0.15, -0.1) is 17.9 Å². The van der Waals surface area contributed by atoms with Gasteiger partial charge in [0.25, 0.3) is 5.56 Å². The third-order valence-electron chi connectivity index (χ3n) is 5.65. The zero-order valence-electron chi connectivity index (χ0n) is 17.9. The average Bonchev–Trinajstić information content (AvgIpc) is 2.95. The first kappa shape index (κ1) is 21.8. The van der Waals surface area contributed by atoms with Gasteiger partial charge in [-0.2, -0.15) is 0 Å². The van der Waals surface area contributed by atoms with Gasteiger partial charge in [0.05, 0.1) is 12.5 Å². The highest BCUT2D eigenvalue weighted by atomic mass is 32.2. The smallest absolute Gasteiger partial charge is 0.263 e. The van der Waals surface area contributed by atoms with Crippen LogP contribution in [0.25, 0.3) is 10.2 Å². The Morgan fingerprint density at radius 1 is 1.32 bits per heavy atom. The Bertz CT molecular complexity index is 1210. The zero-order valence-corrected chi connectivity index (χ0v) is 19.5. The van der Waals surface area contributed by atoms with Gasteiger partial charge in [-0.3, -0.25) is 14.2 Å². The second kappa shape index (κ2) is 9.40. The number of aromatic nitrogens is 2. The monoisotopic (exact) mass is 454 g/mol. The third kappa shape index (κ3) is 4.34. The van der Waals surface area contributed by atoms with Crippen LogP contribution < -0.4 is 10.3 Å². The molecular formula is C24H26N2O3S2. The van der Waals surface area contributed by atoms with Gasteiger partial charge < -0.3 is 4.74 Å². The molecule has 0 atom stereocenters. The Morgan fingerprint density at radius 2 is 2.13 bits per heavy atom. The third-order valence-corrected chi connectivity index (χ3v) is 7.86. The molecule has 7 heteroatoms. The molecule has 0 aliphatic heterocycles. The van der Waals surface area contributed by atoms with Crippen molar-refractivity contribution in [1.29, 1.82) is 0 Å². The van der Waals surface area contributed by atoms with E-state index in [9.17, 15) is 9.59 Å². The highest BCUT2D eigenvalue weighted by Gasteiger charge is 2.21. The van der Waals surface area contributed by atoms with Crippen molar-refractivity contribution >= 4 is 39.1 Å². The number of carbonyl (C=O) groups is 1. The number of methoxy groups -OCH3 is 1. The number of nitrogens with zero attached hydrogens (tertiary/aromatic N) is 2. The van der Waals surface area contributed by atoms with E-state index in [1.54, 1.807) is 42.1 Å². The molecule has 5 nitrogen and oxygen atoms in total. The molecule has 0 bridgehead atoms. The Balaban J connectivity index is 1.75. The van der Waals surface area contributed by atoms with Crippen LogP contribution in [0.2, 0.25) is 0 Å². The van der Waals surface area contributed by atoms with Crippen molar-refractivity contribution in [3.8, 4) is 5.75 Å². The van der Waals surface area contributed by atoms with Crippen LogP contribution >= 0.6 is 23.1 Å². The van der Waals surface area contributed by atoms with Crippen LogP contribution in [0.1, 0.15) is 52.5 Å². The molecule has 0 fully saturated rings. The molecule has 0 N–H and O–H groups in total. The number of Topliss-reactive ketones (excluding diaryl/α,β-unsaturated/α-hetero) is 1. The molecule has 1 aliphatic rings. The summed E-state index contributed by atoms with van der Waals surface area (Å²) in [6.07, 6.45) is 7.25. The van der Waals surface area contributed by atoms with Crippen LogP contribution in [-0.2, 0) is 25.1 Å². The van der Waals surface area contributed by atoms with Gasteiger partial charge in [0, 0.05) is 28.3 Å². The highest BCUT2D eigenvalue weighted by molar-refractivity contribution is 7.98. The lowest BCUT2D eigenvalue weighted by molar-refractivity contribution is 0.101. The van der Waals surface area contributed by atoms with Crippen LogP contribution in [0.3, 0.4) is 0 Å². The number of fused-ring (bicyclic) bond motifs is 3. The minimum absolute atomic E-state index is 0.0112. The van der Waals surface area contributed by atoms with E-state index in [2.05, 4.69) is 6.58 Å². The standard InChI is InChI=1S/C24H26N2O3S2/c1-4-12-26-23(28)21-18-8-6-5-7-9-20(18)31-22(21)25-24(26)30-14-17-13-16(15(2)27)10-11-19(17)29-3/h4,10-11,13H,1,5-9,12,14H2,2-3H3. The van der Waals surface area contributed by atoms with Crippen LogP contribution in [0.4, 0.5) is 0 Å². The molecule has 2 aromatic heterocycles. The lowest BCUT2D eigenvalue weighted by Crippen LogP contribution is -2.23. The number of hydrogen-bond acceptors (Lipinski definition) is 6. The fourth-order valence-electron chi connectivity index (χ4n) is 4.05. The zero-order chi connectivity index (χ0) is 22.0. The summed E-state index contributed by atoms with van der Waals surface area (Å²) in [5.41, 5.74) is 2.78. The summed E-state index contributed by atoms with van der Waals surface area (Å²) in [7, 11) is 1.62. The summed E-state index contributed by atoms with van der Waals surface area (Å²) >= 11 is 3.16. The number of rotatable bonds is 7. The molecule has 0 saturated heterocycles. The molecule has 0 amide bonds. The molecule has 31 heavy (non-hydrogen) atoms. The van der Waals surface area contributed by atoms with Crippen molar-refractivity contribution in [2.75, 3.05) is 7.11 Å². The van der Waals surface area contributed by atoms with Crippen LogP contribution in [0.5, 0.6) is 5.75 Å². The van der Waals surface area contributed by atoms with Crippen molar-refractivity contribution in [3.05, 3.63) is 62.8 Å². The Kier molecular flexibility index (Phi) is 6.62. The Labute approximate surface area is 190 Å². The fraction of sp³-hybridized carbons (Fsp3) is 0.375. The predicted molar refractivity (Wildman–Crippen MR) is 128 cm³/mol. The van der Waals surface area contributed by atoms with Crippen LogP contribution in [0, 0.1) is 0 Å². The lowest BCUT2D eigenvalue weighted by Gasteiger charge is -2.13. The van der Waals surface area contributed by atoms with Crippen molar-refractivity contribution < 1.29 is 9.53 Å². The normalized spacial score (nSPS) is 13.6. The SMILES string of the molecule is C=CCn1c(SCc2cc(C(C)=O)ccc2OC)nc2sc3c(c2c1=O)CCCCC3.